The lowest BCUT2D eigenvalue weighted by Crippen LogP contribution is -2.14. The van der Waals surface area contributed by atoms with Crippen molar-refractivity contribution in [2.45, 2.75) is 33.7 Å². The minimum Gasteiger partial charge on any atom is -0.477 e. The summed E-state index contributed by atoms with van der Waals surface area (Å²) in [4.78, 5) is 26.8. The van der Waals surface area contributed by atoms with Crippen molar-refractivity contribution in [1.29, 1.82) is 0 Å². The maximum Gasteiger partial charge on any atom is 0.406 e. The molecule has 0 unspecified atom stereocenters. The van der Waals surface area contributed by atoms with Crippen molar-refractivity contribution in [3.8, 4) is 5.75 Å². The monoisotopic (exact) mass is 361 g/mol. The van der Waals surface area contributed by atoms with Gasteiger partial charge in [-0.3, -0.25) is 4.79 Å². The van der Waals surface area contributed by atoms with Crippen LogP contribution in [0.5, 0.6) is 5.75 Å². The number of aromatic nitrogens is 2. The topological polar surface area (TPSA) is 96.5 Å². The number of ketones is 1. The van der Waals surface area contributed by atoms with Gasteiger partial charge in [0.2, 0.25) is 11.5 Å². The second-order valence-electron chi connectivity index (χ2n) is 6.03. The van der Waals surface area contributed by atoms with Gasteiger partial charge in [-0.05, 0) is 48.4 Å². The first kappa shape index (κ1) is 19.6. The third-order valence-electron chi connectivity index (χ3n) is 4.11. The number of hydrogen-bond acceptors (Lipinski definition) is 6. The van der Waals surface area contributed by atoms with Gasteiger partial charge in [0.25, 0.3) is 0 Å². The normalized spacial score (nSPS) is 10.8. The molecule has 2 aromatic heterocycles. The second-order valence-corrected chi connectivity index (χ2v) is 6.03. The summed E-state index contributed by atoms with van der Waals surface area (Å²) in [5, 5.41) is 11.1. The second kappa shape index (κ2) is 8.57. The van der Waals surface area contributed by atoms with Crippen LogP contribution in [0, 0.1) is 30.9 Å². The fraction of sp³-hybridized carbons (Fsp3) is 0.444. The molecule has 0 saturated heterocycles. The van der Waals surface area contributed by atoms with Crippen molar-refractivity contribution < 1.29 is 19.2 Å². The van der Waals surface area contributed by atoms with Crippen molar-refractivity contribution in [3.05, 3.63) is 51.0 Å². The zero-order chi connectivity index (χ0) is 19.3. The number of hydrogen-bond donors (Lipinski definition) is 0. The van der Waals surface area contributed by atoms with Crippen molar-refractivity contribution in [3.63, 3.8) is 0 Å². The molecule has 0 amide bonds. The largest absolute Gasteiger partial charge is 0.477 e. The summed E-state index contributed by atoms with van der Waals surface area (Å²) in [6, 6.07) is 4.88. The molecule has 0 aliphatic heterocycles. The summed E-state index contributed by atoms with van der Waals surface area (Å²) in [7, 11) is 1.65. The van der Waals surface area contributed by atoms with Crippen LogP contribution in [0.2, 0.25) is 0 Å². The third kappa shape index (κ3) is 4.45. The zero-order valence-electron chi connectivity index (χ0n) is 15.4. The van der Waals surface area contributed by atoms with Crippen molar-refractivity contribution >= 4 is 11.6 Å². The van der Waals surface area contributed by atoms with Crippen LogP contribution < -0.4 is 4.74 Å². The minimum atomic E-state index is -0.617. The molecule has 0 N–H and O–H groups in total. The predicted octanol–water partition coefficient (Wildman–Crippen LogP) is 3.01. The van der Waals surface area contributed by atoms with Gasteiger partial charge in [-0.25, -0.2) is 0 Å². The average molecular weight is 361 g/mol. The summed E-state index contributed by atoms with van der Waals surface area (Å²) in [5.74, 6) is -0.628. The molecule has 0 bridgehead atoms. The summed E-state index contributed by atoms with van der Waals surface area (Å²) in [6.45, 7) is 6.59. The van der Waals surface area contributed by atoms with E-state index in [-0.39, 0.29) is 24.0 Å². The minimum absolute atomic E-state index is 0.0112. The zero-order valence-corrected chi connectivity index (χ0v) is 15.4. The van der Waals surface area contributed by atoms with E-state index in [2.05, 4.69) is 9.55 Å². The Kier molecular flexibility index (Phi) is 6.46. The molecule has 2 rings (SSSR count). The number of Topliss-reactive ketones (excluding diaryl/α,β-unsaturated/α-hetero) is 1. The molecule has 0 spiro atoms. The van der Waals surface area contributed by atoms with Gasteiger partial charge in [-0.2, -0.15) is 0 Å². The van der Waals surface area contributed by atoms with Gasteiger partial charge in [0, 0.05) is 44.1 Å². The highest BCUT2D eigenvalue weighted by atomic mass is 16.6. The van der Waals surface area contributed by atoms with Crippen LogP contribution in [0.15, 0.2) is 18.2 Å². The lowest BCUT2D eigenvalue weighted by atomic mass is 10.1. The molecule has 0 saturated carbocycles. The molecule has 26 heavy (non-hydrogen) atoms. The van der Waals surface area contributed by atoms with Crippen molar-refractivity contribution in [1.82, 2.24) is 9.55 Å². The van der Waals surface area contributed by atoms with Gasteiger partial charge in [-0.15, -0.1) is 0 Å². The molecule has 0 fully saturated rings. The summed E-state index contributed by atoms with van der Waals surface area (Å²) in [5.41, 5.74) is 2.89. The van der Waals surface area contributed by atoms with Crippen LogP contribution in [0.3, 0.4) is 0 Å². The molecule has 2 aromatic rings. The van der Waals surface area contributed by atoms with E-state index < -0.39 is 4.92 Å². The van der Waals surface area contributed by atoms with Gasteiger partial charge in [0.1, 0.15) is 5.69 Å². The number of carbonyl (C=O) groups is 1. The van der Waals surface area contributed by atoms with Crippen LogP contribution in [-0.2, 0) is 11.3 Å². The molecular weight excluding hydrogens is 338 g/mol. The molecule has 0 aliphatic carbocycles. The number of methoxy groups -OCH3 is 1. The van der Waals surface area contributed by atoms with Crippen LogP contribution in [-0.4, -0.2) is 40.6 Å². The molecule has 2 heterocycles. The first-order valence-electron chi connectivity index (χ1n) is 8.28. The molecule has 0 radical (unpaired) electrons. The third-order valence-corrected chi connectivity index (χ3v) is 4.11. The Labute approximate surface area is 151 Å². The molecular formula is C18H23N3O5. The highest BCUT2D eigenvalue weighted by molar-refractivity contribution is 5.98. The van der Waals surface area contributed by atoms with E-state index in [9.17, 15) is 14.9 Å². The van der Waals surface area contributed by atoms with Crippen molar-refractivity contribution in [2.75, 3.05) is 20.3 Å². The number of rotatable bonds is 9. The lowest BCUT2D eigenvalue weighted by Gasteiger charge is -2.09. The maximum absolute atomic E-state index is 12.5. The maximum atomic E-state index is 12.5. The fourth-order valence-electron chi connectivity index (χ4n) is 2.79. The van der Waals surface area contributed by atoms with Gasteiger partial charge >= 0.3 is 5.82 Å². The Morgan fingerprint density at radius 2 is 2.04 bits per heavy atom. The summed E-state index contributed by atoms with van der Waals surface area (Å²) in [6.07, 6.45) is 0.845. The Morgan fingerprint density at radius 3 is 2.69 bits per heavy atom. The van der Waals surface area contributed by atoms with Crippen LogP contribution in [0.25, 0.3) is 0 Å². The Morgan fingerprint density at radius 1 is 1.31 bits per heavy atom. The van der Waals surface area contributed by atoms with E-state index in [1.54, 1.807) is 20.1 Å². The van der Waals surface area contributed by atoms with E-state index in [4.69, 9.17) is 9.47 Å². The summed E-state index contributed by atoms with van der Waals surface area (Å²) >= 11 is 0. The Balaban J connectivity index is 2.12. The molecule has 8 nitrogen and oxygen atoms in total. The SMILES string of the molecule is COCCCn1c(C)cc(C(=O)COc2ccc(C)nc2[N+](=O)[O-])c1C. The fourth-order valence-corrected chi connectivity index (χ4v) is 2.79. The lowest BCUT2D eigenvalue weighted by molar-refractivity contribution is -0.390. The number of pyridine rings is 1. The average Bonchev–Trinajstić information content (AvgIpc) is 2.88. The quantitative estimate of drug-likeness (QED) is 0.295. The van der Waals surface area contributed by atoms with E-state index in [0.717, 1.165) is 24.4 Å². The standard InChI is InChI=1S/C18H23N3O5/c1-12-6-7-17(18(19-12)21(23)24)26-11-16(22)15-10-13(2)20(14(15)3)8-5-9-25-4/h6-7,10H,5,8-9,11H2,1-4H3. The Bertz CT molecular complexity index is 813. The van der Waals surface area contributed by atoms with Gasteiger partial charge in [0.15, 0.2) is 6.61 Å². The highest BCUT2D eigenvalue weighted by Crippen LogP contribution is 2.25. The number of ether oxygens (including phenoxy) is 2. The number of aryl methyl sites for hydroxylation is 2. The predicted molar refractivity (Wildman–Crippen MR) is 95.9 cm³/mol. The highest BCUT2D eigenvalue weighted by Gasteiger charge is 2.21. The molecule has 0 aliphatic rings. The smallest absolute Gasteiger partial charge is 0.406 e. The van der Waals surface area contributed by atoms with Crippen LogP contribution in [0.1, 0.15) is 33.9 Å². The van der Waals surface area contributed by atoms with Crippen LogP contribution >= 0.6 is 0 Å². The number of nitrogens with zero attached hydrogens (tertiary/aromatic N) is 3. The summed E-state index contributed by atoms with van der Waals surface area (Å²) < 4.78 is 12.5. The molecule has 140 valence electrons. The first-order chi connectivity index (χ1) is 12.3. The first-order valence-corrected chi connectivity index (χ1v) is 8.28. The Hall–Kier alpha value is -2.74. The van der Waals surface area contributed by atoms with Crippen molar-refractivity contribution in [2.24, 2.45) is 0 Å². The van der Waals surface area contributed by atoms with Gasteiger partial charge in [0.05, 0.1) is 0 Å². The van der Waals surface area contributed by atoms with E-state index >= 15 is 0 Å². The van der Waals surface area contributed by atoms with Gasteiger partial charge < -0.3 is 24.2 Å². The number of carbonyl (C=O) groups excluding carboxylic acids is 1. The van der Waals surface area contributed by atoms with E-state index in [0.29, 0.717) is 17.9 Å². The molecule has 8 heteroatoms. The molecule has 0 aromatic carbocycles. The van der Waals surface area contributed by atoms with E-state index in [1.165, 1.54) is 6.07 Å². The van der Waals surface area contributed by atoms with Crippen LogP contribution in [0.4, 0.5) is 5.82 Å². The van der Waals surface area contributed by atoms with E-state index in [1.807, 2.05) is 19.9 Å². The number of nitro groups is 1. The molecule has 0 atom stereocenters. The van der Waals surface area contributed by atoms with Gasteiger partial charge in [-0.1, -0.05) is 0 Å².